The van der Waals surface area contributed by atoms with Crippen molar-refractivity contribution >= 4 is 5.78 Å². The van der Waals surface area contributed by atoms with Gasteiger partial charge in [0.2, 0.25) is 0 Å². The first kappa shape index (κ1) is 16.9. The van der Waals surface area contributed by atoms with Gasteiger partial charge in [0.1, 0.15) is 11.2 Å². The average molecular weight is 320 g/mol. The van der Waals surface area contributed by atoms with Gasteiger partial charge in [-0.1, -0.05) is 11.6 Å². The van der Waals surface area contributed by atoms with Gasteiger partial charge in [0, 0.05) is 7.11 Å². The van der Waals surface area contributed by atoms with Crippen molar-refractivity contribution in [3.05, 3.63) is 23.3 Å². The highest BCUT2D eigenvalue weighted by Crippen LogP contribution is 2.60. The standard InChI is InChI=1S/C19H28O4/c1-12(2)6-7-15-18(4,23-15)17-16(21-5)14(10-13(3)20)8-9-19(17)11-22-19/h6,10,15-17H,7-9,11H2,1-5H3/b14-10-/t15-,16-,17-,18?,19+/m1/s1. The first-order valence-electron chi connectivity index (χ1n) is 8.51. The molecule has 2 saturated heterocycles. The van der Waals surface area contributed by atoms with Crippen LogP contribution in [0.15, 0.2) is 23.3 Å². The average Bonchev–Trinajstić information content (AvgIpc) is 3.37. The Bertz CT molecular complexity index is 554. The van der Waals surface area contributed by atoms with E-state index in [0.717, 1.165) is 31.4 Å². The van der Waals surface area contributed by atoms with Crippen LogP contribution in [0.5, 0.6) is 0 Å². The van der Waals surface area contributed by atoms with Crippen molar-refractivity contribution in [1.29, 1.82) is 0 Å². The summed E-state index contributed by atoms with van der Waals surface area (Å²) in [7, 11) is 1.73. The normalized spacial score (nSPS) is 43.5. The molecule has 4 nitrogen and oxygen atoms in total. The van der Waals surface area contributed by atoms with Crippen LogP contribution < -0.4 is 0 Å². The molecule has 2 heterocycles. The van der Waals surface area contributed by atoms with Crippen molar-refractivity contribution in [2.24, 2.45) is 5.92 Å². The zero-order chi connectivity index (χ0) is 16.8. The highest BCUT2D eigenvalue weighted by atomic mass is 16.6. The van der Waals surface area contributed by atoms with Gasteiger partial charge in [0.25, 0.3) is 0 Å². The van der Waals surface area contributed by atoms with Crippen LogP contribution in [0.4, 0.5) is 0 Å². The first-order chi connectivity index (χ1) is 10.8. The summed E-state index contributed by atoms with van der Waals surface area (Å²) in [5, 5.41) is 0. The van der Waals surface area contributed by atoms with E-state index in [9.17, 15) is 4.79 Å². The Hall–Kier alpha value is -0.970. The smallest absolute Gasteiger partial charge is 0.152 e. The Morgan fingerprint density at radius 1 is 1.39 bits per heavy atom. The molecule has 5 atom stereocenters. The molecule has 0 N–H and O–H groups in total. The van der Waals surface area contributed by atoms with Crippen LogP contribution in [-0.2, 0) is 19.0 Å². The molecule has 0 amide bonds. The summed E-state index contributed by atoms with van der Waals surface area (Å²) in [6.45, 7) is 8.77. The van der Waals surface area contributed by atoms with Crippen LogP contribution in [0.2, 0.25) is 0 Å². The van der Waals surface area contributed by atoms with Crippen molar-refractivity contribution in [3.8, 4) is 0 Å². The molecule has 4 heteroatoms. The fourth-order valence-electron chi connectivity index (χ4n) is 4.26. The summed E-state index contributed by atoms with van der Waals surface area (Å²) >= 11 is 0. The Labute approximate surface area is 138 Å². The van der Waals surface area contributed by atoms with Crippen LogP contribution in [0.3, 0.4) is 0 Å². The first-order valence-corrected chi connectivity index (χ1v) is 8.51. The number of carbonyl (C=O) groups excluding carboxylic acids is 1. The molecule has 0 bridgehead atoms. The number of ketones is 1. The molecule has 0 radical (unpaired) electrons. The van der Waals surface area contributed by atoms with E-state index in [-0.39, 0.29) is 35.1 Å². The fourth-order valence-corrected chi connectivity index (χ4v) is 4.26. The number of hydrogen-bond donors (Lipinski definition) is 0. The summed E-state index contributed by atoms with van der Waals surface area (Å²) in [4.78, 5) is 11.6. The molecule has 23 heavy (non-hydrogen) atoms. The largest absolute Gasteiger partial charge is 0.377 e. The van der Waals surface area contributed by atoms with Gasteiger partial charge >= 0.3 is 0 Å². The summed E-state index contributed by atoms with van der Waals surface area (Å²) in [5.41, 5.74) is 2.04. The van der Waals surface area contributed by atoms with Crippen molar-refractivity contribution in [2.75, 3.05) is 13.7 Å². The van der Waals surface area contributed by atoms with Crippen molar-refractivity contribution < 1.29 is 19.0 Å². The molecule has 1 aliphatic carbocycles. The lowest BCUT2D eigenvalue weighted by Crippen LogP contribution is -2.50. The summed E-state index contributed by atoms with van der Waals surface area (Å²) in [6.07, 6.45) is 6.82. The quantitative estimate of drug-likeness (QED) is 0.443. The van der Waals surface area contributed by atoms with Gasteiger partial charge in [-0.2, -0.15) is 0 Å². The van der Waals surface area contributed by atoms with Crippen LogP contribution in [0, 0.1) is 5.92 Å². The third-order valence-corrected chi connectivity index (χ3v) is 5.57. The summed E-state index contributed by atoms with van der Waals surface area (Å²) < 4.78 is 17.9. The third-order valence-electron chi connectivity index (χ3n) is 5.57. The maximum atomic E-state index is 11.6. The zero-order valence-corrected chi connectivity index (χ0v) is 14.8. The number of hydrogen-bond acceptors (Lipinski definition) is 4. The van der Waals surface area contributed by atoms with Crippen LogP contribution in [-0.4, -0.2) is 42.9 Å². The Morgan fingerprint density at radius 3 is 2.61 bits per heavy atom. The van der Waals surface area contributed by atoms with E-state index < -0.39 is 0 Å². The SMILES string of the molecule is CO[C@@H]1/C(=C\C(C)=O)CC[C@]2(CO2)[C@H]1C1(C)O[C@@H]1CC=C(C)C. The van der Waals surface area contributed by atoms with Gasteiger partial charge in [-0.25, -0.2) is 0 Å². The van der Waals surface area contributed by atoms with E-state index in [1.54, 1.807) is 20.1 Å². The molecular formula is C19H28O4. The van der Waals surface area contributed by atoms with E-state index in [2.05, 4.69) is 26.8 Å². The highest BCUT2D eigenvalue weighted by molar-refractivity contribution is 5.88. The fraction of sp³-hybridized carbons (Fsp3) is 0.737. The van der Waals surface area contributed by atoms with Gasteiger partial charge in [-0.3, -0.25) is 4.79 Å². The molecule has 3 rings (SSSR count). The van der Waals surface area contributed by atoms with Crippen molar-refractivity contribution in [2.45, 2.75) is 70.4 Å². The molecule has 3 aliphatic rings. The second-order valence-electron chi connectivity index (χ2n) is 7.62. The van der Waals surface area contributed by atoms with Crippen LogP contribution in [0.1, 0.15) is 47.0 Å². The van der Waals surface area contributed by atoms with Gasteiger partial charge < -0.3 is 14.2 Å². The Kier molecular flexibility index (Phi) is 4.28. The molecule has 0 aromatic rings. The van der Waals surface area contributed by atoms with Gasteiger partial charge in [0.05, 0.1) is 24.7 Å². The topological polar surface area (TPSA) is 51.4 Å². The van der Waals surface area contributed by atoms with Crippen molar-refractivity contribution in [1.82, 2.24) is 0 Å². The number of epoxide rings is 2. The molecule has 128 valence electrons. The van der Waals surface area contributed by atoms with Crippen LogP contribution >= 0.6 is 0 Å². The number of allylic oxidation sites excluding steroid dienone is 2. The van der Waals surface area contributed by atoms with E-state index in [1.807, 2.05) is 0 Å². The van der Waals surface area contributed by atoms with E-state index in [1.165, 1.54) is 5.57 Å². The minimum atomic E-state index is -0.237. The van der Waals surface area contributed by atoms with Crippen molar-refractivity contribution in [3.63, 3.8) is 0 Å². The predicted molar refractivity (Wildman–Crippen MR) is 88.3 cm³/mol. The van der Waals surface area contributed by atoms with Gasteiger partial charge in [-0.05, 0) is 58.6 Å². The Morgan fingerprint density at radius 2 is 2.09 bits per heavy atom. The lowest BCUT2D eigenvalue weighted by molar-refractivity contribution is -0.112. The maximum Gasteiger partial charge on any atom is 0.152 e. The van der Waals surface area contributed by atoms with Crippen LogP contribution in [0.25, 0.3) is 0 Å². The number of methoxy groups -OCH3 is 1. The molecule has 1 unspecified atom stereocenters. The molecule has 2 aliphatic heterocycles. The second-order valence-corrected chi connectivity index (χ2v) is 7.62. The molecule has 1 spiro atoms. The molecule has 1 saturated carbocycles. The minimum absolute atomic E-state index is 0.0800. The maximum absolute atomic E-state index is 11.6. The molecule has 0 aromatic carbocycles. The lowest BCUT2D eigenvalue weighted by Gasteiger charge is -2.40. The summed E-state index contributed by atoms with van der Waals surface area (Å²) in [5.74, 6) is 0.228. The van der Waals surface area contributed by atoms with E-state index in [0.29, 0.717) is 0 Å². The Balaban J connectivity index is 1.85. The molecule has 3 fully saturated rings. The number of ether oxygens (including phenoxy) is 3. The van der Waals surface area contributed by atoms with Gasteiger partial charge in [0.15, 0.2) is 5.78 Å². The predicted octanol–water partition coefficient (Wildman–Crippen LogP) is 3.21. The second kappa shape index (κ2) is 5.83. The lowest BCUT2D eigenvalue weighted by atomic mass is 9.67. The monoisotopic (exact) mass is 320 g/mol. The zero-order valence-electron chi connectivity index (χ0n) is 14.8. The van der Waals surface area contributed by atoms with Gasteiger partial charge in [-0.15, -0.1) is 0 Å². The third kappa shape index (κ3) is 3.04. The molecular weight excluding hydrogens is 292 g/mol. The van der Waals surface area contributed by atoms with E-state index >= 15 is 0 Å². The highest BCUT2D eigenvalue weighted by Gasteiger charge is 2.71. The summed E-state index contributed by atoms with van der Waals surface area (Å²) in [6, 6.07) is 0. The molecule has 0 aromatic heterocycles. The minimum Gasteiger partial charge on any atom is -0.377 e. The van der Waals surface area contributed by atoms with E-state index in [4.69, 9.17) is 14.2 Å². The number of rotatable bonds is 5. The number of carbonyl (C=O) groups is 1.